The normalized spacial score (nSPS) is 11.8. The molecule has 0 saturated carbocycles. The number of nitrogens with one attached hydrogen (secondary N) is 1. The zero-order valence-corrected chi connectivity index (χ0v) is 24.8. The Kier molecular flexibility index (Phi) is 10.7. The summed E-state index contributed by atoms with van der Waals surface area (Å²) in [6.07, 6.45) is 0.696. The quantitative estimate of drug-likeness (QED) is 0.185. The number of hydrogen-bond donors (Lipinski definition) is 1. The van der Waals surface area contributed by atoms with Crippen molar-refractivity contribution in [1.82, 2.24) is 10.2 Å². The largest absolute Gasteiger partial charge is 0.354 e. The van der Waals surface area contributed by atoms with Gasteiger partial charge in [-0.25, -0.2) is 0 Å². The predicted octanol–water partition coefficient (Wildman–Crippen LogP) is 7.38. The lowest BCUT2D eigenvalue weighted by molar-refractivity contribution is -0.141. The highest BCUT2D eigenvalue weighted by atomic mass is 79.9. The van der Waals surface area contributed by atoms with Crippen LogP contribution in [0.3, 0.4) is 0 Å². The highest BCUT2D eigenvalue weighted by Gasteiger charge is 2.32. The Morgan fingerprint density at radius 2 is 1.25 bits per heavy atom. The average molecular weight is 598 g/mol. The molecule has 0 heterocycles. The summed E-state index contributed by atoms with van der Waals surface area (Å²) in [5.41, 5.74) is 4.15. The van der Waals surface area contributed by atoms with Crippen LogP contribution in [0.2, 0.25) is 0 Å². The first kappa shape index (κ1) is 29.3. The van der Waals surface area contributed by atoms with Crippen molar-refractivity contribution in [3.8, 4) is 0 Å². The molecule has 1 N–H and O–H groups in total. The van der Waals surface area contributed by atoms with Crippen molar-refractivity contribution < 1.29 is 9.59 Å². The molecule has 0 saturated heterocycles. The standard InChI is InChI=1S/C35H37BrN2O2/c1-26(2)24-37-35(40)33(22-27-12-6-3-7-13-27)38(25-28-18-20-31(36)21-19-28)34(39)23-32(29-14-8-4-9-15-29)30-16-10-5-11-17-30/h3-21,26,32-33H,22-25H2,1-2H3,(H,37,40)/t33-/m0/s1. The Morgan fingerprint density at radius 3 is 1.77 bits per heavy atom. The first-order chi connectivity index (χ1) is 19.4. The molecule has 2 amide bonds. The number of benzene rings is 4. The molecule has 4 aromatic carbocycles. The smallest absolute Gasteiger partial charge is 0.243 e. The number of amides is 2. The van der Waals surface area contributed by atoms with Crippen molar-refractivity contribution in [3.05, 3.63) is 142 Å². The molecule has 4 aromatic rings. The van der Waals surface area contributed by atoms with Crippen LogP contribution in [-0.2, 0) is 22.6 Å². The third-order valence-electron chi connectivity index (χ3n) is 7.00. The Labute approximate surface area is 246 Å². The van der Waals surface area contributed by atoms with Gasteiger partial charge in [0.2, 0.25) is 11.8 Å². The summed E-state index contributed by atoms with van der Waals surface area (Å²) in [5.74, 6) is -0.00356. The van der Waals surface area contributed by atoms with E-state index in [0.29, 0.717) is 25.4 Å². The molecule has 0 aliphatic carbocycles. The van der Waals surface area contributed by atoms with Crippen LogP contribution in [0.15, 0.2) is 120 Å². The highest BCUT2D eigenvalue weighted by Crippen LogP contribution is 2.30. The maximum absolute atomic E-state index is 14.4. The van der Waals surface area contributed by atoms with Crippen molar-refractivity contribution in [2.24, 2.45) is 5.92 Å². The summed E-state index contributed by atoms with van der Waals surface area (Å²) < 4.78 is 0.970. The van der Waals surface area contributed by atoms with E-state index >= 15 is 0 Å². The van der Waals surface area contributed by atoms with E-state index in [1.807, 2.05) is 91.0 Å². The molecule has 0 unspecified atom stereocenters. The van der Waals surface area contributed by atoms with Crippen molar-refractivity contribution in [1.29, 1.82) is 0 Å². The minimum Gasteiger partial charge on any atom is -0.354 e. The lowest BCUT2D eigenvalue weighted by Gasteiger charge is -2.33. The first-order valence-electron chi connectivity index (χ1n) is 13.9. The molecule has 206 valence electrons. The van der Waals surface area contributed by atoms with Gasteiger partial charge in [0.05, 0.1) is 0 Å². The first-order valence-corrected chi connectivity index (χ1v) is 14.7. The number of hydrogen-bond acceptors (Lipinski definition) is 2. The van der Waals surface area contributed by atoms with Crippen LogP contribution in [0.25, 0.3) is 0 Å². The number of carbonyl (C=O) groups is 2. The molecule has 0 bridgehead atoms. The summed E-state index contributed by atoms with van der Waals surface area (Å²) in [4.78, 5) is 29.9. The fourth-order valence-corrected chi connectivity index (χ4v) is 5.12. The molecule has 0 aliphatic heterocycles. The summed E-state index contributed by atoms with van der Waals surface area (Å²) in [6, 6.07) is 37.5. The second kappa shape index (κ2) is 14.6. The van der Waals surface area contributed by atoms with Gasteiger partial charge in [0.25, 0.3) is 0 Å². The Bertz CT molecular complexity index is 1300. The van der Waals surface area contributed by atoms with E-state index in [1.54, 1.807) is 4.90 Å². The molecule has 1 atom stereocenters. The van der Waals surface area contributed by atoms with Crippen LogP contribution >= 0.6 is 15.9 Å². The fraction of sp³-hybridized carbons (Fsp3) is 0.257. The van der Waals surface area contributed by atoms with Crippen LogP contribution in [0.4, 0.5) is 0 Å². The molecule has 5 heteroatoms. The topological polar surface area (TPSA) is 49.4 Å². The molecule has 0 fully saturated rings. The summed E-state index contributed by atoms with van der Waals surface area (Å²) in [6.45, 7) is 5.04. The van der Waals surface area contributed by atoms with E-state index in [-0.39, 0.29) is 24.2 Å². The zero-order chi connectivity index (χ0) is 28.3. The van der Waals surface area contributed by atoms with Gasteiger partial charge in [-0.1, -0.05) is 133 Å². The lowest BCUT2D eigenvalue weighted by Crippen LogP contribution is -2.51. The number of halogens is 1. The van der Waals surface area contributed by atoms with Gasteiger partial charge in [-0.05, 0) is 40.3 Å². The van der Waals surface area contributed by atoms with E-state index in [9.17, 15) is 9.59 Å². The second-order valence-electron chi connectivity index (χ2n) is 10.6. The van der Waals surface area contributed by atoms with Crippen molar-refractivity contribution in [3.63, 3.8) is 0 Å². The molecular formula is C35H37BrN2O2. The van der Waals surface area contributed by atoms with Crippen LogP contribution in [0.1, 0.15) is 48.4 Å². The molecule has 0 radical (unpaired) electrons. The zero-order valence-electron chi connectivity index (χ0n) is 23.2. The van der Waals surface area contributed by atoms with Gasteiger partial charge in [0.15, 0.2) is 0 Å². The minimum absolute atomic E-state index is 0.0544. The second-order valence-corrected chi connectivity index (χ2v) is 11.5. The van der Waals surface area contributed by atoms with Gasteiger partial charge >= 0.3 is 0 Å². The molecule has 0 aromatic heterocycles. The van der Waals surface area contributed by atoms with Crippen molar-refractivity contribution in [2.45, 2.75) is 45.2 Å². The predicted molar refractivity (Wildman–Crippen MR) is 166 cm³/mol. The van der Waals surface area contributed by atoms with Gasteiger partial charge in [0.1, 0.15) is 6.04 Å². The Balaban J connectivity index is 1.72. The van der Waals surface area contributed by atoms with Crippen LogP contribution in [0, 0.1) is 5.92 Å². The molecular weight excluding hydrogens is 560 g/mol. The van der Waals surface area contributed by atoms with Gasteiger partial charge in [-0.3, -0.25) is 9.59 Å². The highest BCUT2D eigenvalue weighted by molar-refractivity contribution is 9.10. The van der Waals surface area contributed by atoms with Gasteiger partial charge < -0.3 is 10.2 Å². The fourth-order valence-electron chi connectivity index (χ4n) is 4.85. The summed E-state index contributed by atoms with van der Waals surface area (Å²) >= 11 is 3.51. The maximum Gasteiger partial charge on any atom is 0.243 e. The van der Waals surface area contributed by atoms with Crippen molar-refractivity contribution in [2.75, 3.05) is 6.54 Å². The number of rotatable bonds is 12. The van der Waals surface area contributed by atoms with Crippen LogP contribution < -0.4 is 5.32 Å². The van der Waals surface area contributed by atoms with Crippen molar-refractivity contribution >= 4 is 27.7 Å². The third kappa shape index (κ3) is 8.40. The number of carbonyl (C=O) groups excluding carboxylic acids is 2. The van der Waals surface area contributed by atoms with E-state index in [1.165, 1.54) is 0 Å². The van der Waals surface area contributed by atoms with E-state index in [4.69, 9.17) is 0 Å². The summed E-state index contributed by atoms with van der Waals surface area (Å²) in [5, 5.41) is 3.11. The minimum atomic E-state index is -0.649. The van der Waals surface area contributed by atoms with Gasteiger partial charge in [-0.15, -0.1) is 0 Å². The van der Waals surface area contributed by atoms with Crippen LogP contribution in [-0.4, -0.2) is 29.3 Å². The lowest BCUT2D eigenvalue weighted by atomic mass is 9.87. The van der Waals surface area contributed by atoms with E-state index in [2.05, 4.69) is 59.4 Å². The molecule has 0 spiro atoms. The monoisotopic (exact) mass is 596 g/mol. The summed E-state index contributed by atoms with van der Waals surface area (Å²) in [7, 11) is 0. The third-order valence-corrected chi connectivity index (χ3v) is 7.53. The van der Waals surface area contributed by atoms with Crippen LogP contribution in [0.5, 0.6) is 0 Å². The molecule has 4 rings (SSSR count). The Morgan fingerprint density at radius 1 is 0.725 bits per heavy atom. The number of nitrogens with zero attached hydrogens (tertiary/aromatic N) is 1. The molecule has 4 nitrogen and oxygen atoms in total. The average Bonchev–Trinajstić information content (AvgIpc) is 2.98. The van der Waals surface area contributed by atoms with Gasteiger partial charge in [-0.2, -0.15) is 0 Å². The molecule has 40 heavy (non-hydrogen) atoms. The van der Waals surface area contributed by atoms with E-state index < -0.39 is 6.04 Å². The van der Waals surface area contributed by atoms with Gasteiger partial charge in [0, 0.05) is 36.3 Å². The molecule has 0 aliphatic rings. The maximum atomic E-state index is 14.4. The van der Waals surface area contributed by atoms with E-state index in [0.717, 1.165) is 26.7 Å². The SMILES string of the molecule is CC(C)CNC(=O)[C@H](Cc1ccccc1)N(Cc1ccc(Br)cc1)C(=O)CC(c1ccccc1)c1ccccc1. The Hall–Kier alpha value is -3.70.